The number of hydrogen-bond donors (Lipinski definition) is 1. The summed E-state index contributed by atoms with van der Waals surface area (Å²) in [5.41, 5.74) is 3.20. The number of para-hydroxylation sites is 1. The lowest BCUT2D eigenvalue weighted by Crippen LogP contribution is -2.12. The van der Waals surface area contributed by atoms with Crippen molar-refractivity contribution >= 4 is 23.5 Å². The summed E-state index contributed by atoms with van der Waals surface area (Å²) in [5.74, 6) is 1.01. The van der Waals surface area contributed by atoms with Crippen LogP contribution in [-0.2, 0) is 13.2 Å². The van der Waals surface area contributed by atoms with E-state index >= 15 is 0 Å². The molecule has 7 nitrogen and oxygen atoms in total. The number of ether oxygens (including phenoxy) is 1. The van der Waals surface area contributed by atoms with E-state index in [4.69, 9.17) is 20.8 Å². The monoisotopic (exact) mass is 436 g/mol. The maximum Gasteiger partial charge on any atom is 0.293 e. The Hall–Kier alpha value is -3.58. The fourth-order valence-corrected chi connectivity index (χ4v) is 3.39. The Labute approximate surface area is 184 Å². The van der Waals surface area contributed by atoms with Crippen molar-refractivity contribution < 1.29 is 13.9 Å². The highest BCUT2D eigenvalue weighted by Gasteiger charge is 2.15. The number of anilines is 1. The van der Waals surface area contributed by atoms with Gasteiger partial charge in [0.15, 0.2) is 5.76 Å². The number of benzene rings is 2. The zero-order valence-electron chi connectivity index (χ0n) is 17.1. The normalized spacial score (nSPS) is 10.8. The largest absolute Gasteiger partial charge is 0.484 e. The minimum atomic E-state index is -0.437. The average molecular weight is 437 g/mol. The van der Waals surface area contributed by atoms with Gasteiger partial charge in [0, 0.05) is 0 Å². The van der Waals surface area contributed by atoms with Crippen LogP contribution in [0.15, 0.2) is 65.3 Å². The highest BCUT2D eigenvalue weighted by molar-refractivity contribution is 6.32. The molecular formula is C23H21ClN4O3. The van der Waals surface area contributed by atoms with Gasteiger partial charge >= 0.3 is 0 Å². The molecule has 0 atom stereocenters. The summed E-state index contributed by atoms with van der Waals surface area (Å²) >= 11 is 6.17. The Bertz CT molecular complexity index is 1190. The number of aromatic nitrogens is 3. The highest BCUT2D eigenvalue weighted by atomic mass is 35.5. The van der Waals surface area contributed by atoms with Gasteiger partial charge in [0.05, 0.1) is 11.6 Å². The van der Waals surface area contributed by atoms with Gasteiger partial charge in [-0.25, -0.2) is 9.67 Å². The summed E-state index contributed by atoms with van der Waals surface area (Å²) in [4.78, 5) is 16.6. The topological polar surface area (TPSA) is 82.2 Å². The highest BCUT2D eigenvalue weighted by Crippen LogP contribution is 2.28. The van der Waals surface area contributed by atoms with Crippen LogP contribution in [0.4, 0.5) is 5.95 Å². The number of hydrogen-bond acceptors (Lipinski definition) is 5. The third-order valence-corrected chi connectivity index (χ3v) is 4.89. The molecule has 2 heterocycles. The third-order valence-electron chi connectivity index (χ3n) is 4.60. The van der Waals surface area contributed by atoms with Crippen molar-refractivity contribution in [1.82, 2.24) is 14.8 Å². The van der Waals surface area contributed by atoms with E-state index in [9.17, 15) is 4.79 Å². The van der Waals surface area contributed by atoms with Crippen LogP contribution < -0.4 is 10.1 Å². The molecule has 0 aliphatic rings. The van der Waals surface area contributed by atoms with E-state index in [1.807, 2.05) is 44.2 Å². The Balaban J connectivity index is 1.35. The number of nitrogens with zero attached hydrogens (tertiary/aromatic N) is 3. The second-order valence-corrected chi connectivity index (χ2v) is 7.56. The molecule has 0 spiro atoms. The zero-order chi connectivity index (χ0) is 21.8. The number of amides is 1. The first-order chi connectivity index (χ1) is 15.0. The maximum absolute atomic E-state index is 12.5. The summed E-state index contributed by atoms with van der Waals surface area (Å²) in [7, 11) is 0. The van der Waals surface area contributed by atoms with Crippen molar-refractivity contribution in [2.75, 3.05) is 5.32 Å². The lowest BCUT2D eigenvalue weighted by molar-refractivity contribution is 0.0991. The fourth-order valence-electron chi connectivity index (χ4n) is 3.11. The van der Waals surface area contributed by atoms with Crippen LogP contribution in [0.3, 0.4) is 0 Å². The second kappa shape index (κ2) is 9.06. The van der Waals surface area contributed by atoms with Gasteiger partial charge in [0.1, 0.15) is 24.4 Å². The lowest BCUT2D eigenvalue weighted by atomic mass is 10.1. The molecule has 0 radical (unpaired) electrons. The molecule has 8 heteroatoms. The number of halogens is 1. The quantitative estimate of drug-likeness (QED) is 0.439. The first-order valence-corrected chi connectivity index (χ1v) is 10.1. The summed E-state index contributed by atoms with van der Waals surface area (Å²) in [6.07, 6.45) is 1.57. The van der Waals surface area contributed by atoms with Crippen molar-refractivity contribution in [3.63, 3.8) is 0 Å². The van der Waals surface area contributed by atoms with E-state index in [1.165, 1.54) is 5.56 Å². The lowest BCUT2D eigenvalue weighted by Gasteiger charge is -2.09. The molecule has 0 fully saturated rings. The number of furan rings is 1. The molecule has 4 rings (SSSR count). The molecule has 0 saturated carbocycles. The SMILES string of the molecule is Cc1cccc(Cn2cnc(NC(=O)c3ccc(COc4c(C)cccc4Cl)o3)n2)c1. The predicted octanol–water partition coefficient (Wildman–Crippen LogP) is 5.02. The zero-order valence-corrected chi connectivity index (χ0v) is 17.9. The van der Waals surface area contributed by atoms with E-state index in [0.29, 0.717) is 23.1 Å². The Morgan fingerprint density at radius 1 is 1.16 bits per heavy atom. The summed E-state index contributed by atoms with van der Waals surface area (Å²) < 4.78 is 13.0. The van der Waals surface area contributed by atoms with Crippen LogP contribution in [0, 0.1) is 13.8 Å². The molecule has 158 valence electrons. The Morgan fingerprint density at radius 3 is 2.81 bits per heavy atom. The first kappa shape index (κ1) is 20.7. The van der Waals surface area contributed by atoms with E-state index in [-0.39, 0.29) is 18.3 Å². The molecule has 4 aromatic rings. The van der Waals surface area contributed by atoms with Gasteiger partial charge in [-0.2, -0.15) is 0 Å². The number of rotatable bonds is 7. The summed E-state index contributed by atoms with van der Waals surface area (Å²) in [6.45, 7) is 4.66. The smallest absolute Gasteiger partial charge is 0.293 e. The number of carbonyl (C=O) groups is 1. The van der Waals surface area contributed by atoms with Crippen molar-refractivity contribution in [2.24, 2.45) is 0 Å². The van der Waals surface area contributed by atoms with Crippen molar-refractivity contribution in [2.45, 2.75) is 27.0 Å². The second-order valence-electron chi connectivity index (χ2n) is 7.15. The van der Waals surface area contributed by atoms with Gasteiger partial charge in [-0.3, -0.25) is 10.1 Å². The predicted molar refractivity (Wildman–Crippen MR) is 117 cm³/mol. The number of nitrogens with one attached hydrogen (secondary N) is 1. The van der Waals surface area contributed by atoms with Gasteiger partial charge in [0.25, 0.3) is 5.91 Å². The Morgan fingerprint density at radius 2 is 2.00 bits per heavy atom. The van der Waals surface area contributed by atoms with Crippen LogP contribution in [-0.4, -0.2) is 20.7 Å². The minimum absolute atomic E-state index is 0.143. The van der Waals surface area contributed by atoms with Gasteiger partial charge < -0.3 is 9.15 Å². The molecule has 2 aromatic carbocycles. The van der Waals surface area contributed by atoms with Crippen molar-refractivity contribution in [3.8, 4) is 5.75 Å². The maximum atomic E-state index is 12.5. The van der Waals surface area contributed by atoms with Crippen LogP contribution in [0.1, 0.15) is 33.0 Å². The standard InChI is InChI=1S/C23H21ClN4O3/c1-15-5-3-7-17(11-15)12-28-14-25-23(27-28)26-22(29)20-10-9-18(31-20)13-30-21-16(2)6-4-8-19(21)24/h3-11,14H,12-13H2,1-2H3,(H,26,27,29). The van der Waals surface area contributed by atoms with Gasteiger partial charge in [-0.1, -0.05) is 53.6 Å². The molecule has 1 N–H and O–H groups in total. The molecule has 0 aliphatic carbocycles. The van der Waals surface area contributed by atoms with Gasteiger partial charge in [0.2, 0.25) is 5.95 Å². The molecule has 1 amide bonds. The summed E-state index contributed by atoms with van der Waals surface area (Å²) in [5, 5.41) is 7.46. The number of carbonyl (C=O) groups excluding carboxylic acids is 1. The molecule has 2 aromatic heterocycles. The van der Waals surface area contributed by atoms with E-state index in [2.05, 4.69) is 21.5 Å². The molecule has 0 bridgehead atoms. The van der Waals surface area contributed by atoms with Crippen LogP contribution in [0.2, 0.25) is 5.02 Å². The van der Waals surface area contributed by atoms with E-state index in [1.54, 1.807) is 29.2 Å². The number of aryl methyl sites for hydroxylation is 2. The van der Waals surface area contributed by atoms with E-state index < -0.39 is 5.91 Å². The van der Waals surface area contributed by atoms with Crippen molar-refractivity contribution in [1.29, 1.82) is 0 Å². The van der Waals surface area contributed by atoms with Crippen LogP contribution >= 0.6 is 11.6 Å². The minimum Gasteiger partial charge on any atom is -0.484 e. The van der Waals surface area contributed by atoms with Crippen LogP contribution in [0.5, 0.6) is 5.75 Å². The van der Waals surface area contributed by atoms with Gasteiger partial charge in [-0.05, 0) is 43.2 Å². The molecular weight excluding hydrogens is 416 g/mol. The van der Waals surface area contributed by atoms with Gasteiger partial charge in [-0.15, -0.1) is 5.10 Å². The van der Waals surface area contributed by atoms with E-state index in [0.717, 1.165) is 11.1 Å². The van der Waals surface area contributed by atoms with Crippen LogP contribution in [0.25, 0.3) is 0 Å². The molecule has 31 heavy (non-hydrogen) atoms. The fraction of sp³-hybridized carbons (Fsp3) is 0.174. The first-order valence-electron chi connectivity index (χ1n) is 9.71. The molecule has 0 unspecified atom stereocenters. The molecule has 0 saturated heterocycles. The molecule has 0 aliphatic heterocycles. The van der Waals surface area contributed by atoms with Crippen molar-refractivity contribution in [3.05, 3.63) is 94.2 Å². The summed E-state index contributed by atoms with van der Waals surface area (Å²) in [6, 6.07) is 16.9. The Kier molecular flexibility index (Phi) is 6.04. The average Bonchev–Trinajstić information content (AvgIpc) is 3.37. The third kappa shape index (κ3) is 5.13.